The molecule has 2 aliphatic rings. The third-order valence-corrected chi connectivity index (χ3v) is 4.06. The number of aliphatic hydroxyl groups excluding tert-OH is 1. The molecule has 8 heteroatoms. The van der Waals surface area contributed by atoms with E-state index in [1.807, 2.05) is 0 Å². The fourth-order valence-electron chi connectivity index (χ4n) is 2.85. The molecule has 1 aromatic heterocycles. The van der Waals surface area contributed by atoms with Gasteiger partial charge in [-0.15, -0.1) is 0 Å². The van der Waals surface area contributed by atoms with Crippen molar-refractivity contribution in [3.63, 3.8) is 0 Å². The zero-order chi connectivity index (χ0) is 14.5. The van der Waals surface area contributed by atoms with Gasteiger partial charge in [0.2, 0.25) is 5.79 Å². The molecule has 20 heavy (non-hydrogen) atoms. The molecule has 0 radical (unpaired) electrons. The molecule has 0 bridgehead atoms. The fourth-order valence-corrected chi connectivity index (χ4v) is 2.85. The van der Waals surface area contributed by atoms with Gasteiger partial charge in [0.1, 0.15) is 18.4 Å². The Morgan fingerprint density at radius 1 is 1.55 bits per heavy atom. The lowest BCUT2D eigenvalue weighted by atomic mass is 9.91. The number of aryl methyl sites for hydroxylation is 1. The lowest BCUT2D eigenvalue weighted by molar-refractivity contribution is -0.273. The van der Waals surface area contributed by atoms with Gasteiger partial charge in [-0.25, -0.2) is 4.79 Å². The highest BCUT2D eigenvalue weighted by atomic mass is 16.7. The van der Waals surface area contributed by atoms with Gasteiger partial charge in [-0.1, -0.05) is 0 Å². The third kappa shape index (κ3) is 1.69. The molecule has 2 aliphatic heterocycles. The molecule has 8 nitrogen and oxygen atoms in total. The summed E-state index contributed by atoms with van der Waals surface area (Å²) in [5.41, 5.74) is -2.06. The Hall–Kier alpha value is -1.48. The van der Waals surface area contributed by atoms with Crippen LogP contribution in [0.3, 0.4) is 0 Å². The third-order valence-electron chi connectivity index (χ3n) is 4.06. The Morgan fingerprint density at radius 3 is 2.95 bits per heavy atom. The van der Waals surface area contributed by atoms with Crippen molar-refractivity contribution in [2.45, 2.75) is 37.4 Å². The van der Waals surface area contributed by atoms with E-state index in [0.29, 0.717) is 12.0 Å². The molecule has 3 N–H and O–H groups in total. The van der Waals surface area contributed by atoms with E-state index in [-0.39, 0.29) is 13.0 Å². The molecular formula is C12H16N2O6. The first-order chi connectivity index (χ1) is 9.41. The molecule has 110 valence electrons. The molecule has 3 atom stereocenters. The van der Waals surface area contributed by atoms with E-state index < -0.39 is 35.5 Å². The highest BCUT2D eigenvalue weighted by molar-refractivity contribution is 5.07. The maximum atomic E-state index is 11.8. The lowest BCUT2D eigenvalue weighted by Crippen LogP contribution is -2.50. The number of aromatic nitrogens is 2. The van der Waals surface area contributed by atoms with Gasteiger partial charge in [0.15, 0.2) is 0 Å². The number of nitrogens with zero attached hydrogens (tertiary/aromatic N) is 1. The van der Waals surface area contributed by atoms with Crippen molar-refractivity contribution in [3.8, 4) is 0 Å². The van der Waals surface area contributed by atoms with E-state index in [9.17, 15) is 19.8 Å². The first-order valence-electron chi connectivity index (χ1n) is 6.38. The second-order valence-electron chi connectivity index (χ2n) is 5.30. The molecule has 3 rings (SSSR count). The number of nitrogens with one attached hydrogen (secondary N) is 1. The van der Waals surface area contributed by atoms with Gasteiger partial charge in [-0.2, -0.15) is 0 Å². The predicted octanol–water partition coefficient (Wildman–Crippen LogP) is -1.40. The minimum absolute atomic E-state index is 0.110. The number of rotatable bonds is 2. The van der Waals surface area contributed by atoms with Gasteiger partial charge in [0.05, 0.1) is 6.61 Å². The van der Waals surface area contributed by atoms with Crippen LogP contribution in [0.4, 0.5) is 0 Å². The molecule has 2 fully saturated rings. The summed E-state index contributed by atoms with van der Waals surface area (Å²) in [6, 6.07) is 0. The maximum Gasteiger partial charge on any atom is 0.330 e. The fraction of sp³-hybridized carbons (Fsp3) is 0.667. The van der Waals surface area contributed by atoms with Gasteiger partial charge in [0, 0.05) is 24.6 Å². The van der Waals surface area contributed by atoms with Crippen molar-refractivity contribution >= 4 is 0 Å². The van der Waals surface area contributed by atoms with Crippen LogP contribution in [0.25, 0.3) is 0 Å². The lowest BCUT2D eigenvalue weighted by Gasteiger charge is -2.30. The number of hydrogen-bond acceptors (Lipinski definition) is 6. The zero-order valence-corrected chi connectivity index (χ0v) is 11.0. The molecular weight excluding hydrogens is 268 g/mol. The quantitative estimate of drug-likeness (QED) is 0.616. The van der Waals surface area contributed by atoms with Crippen LogP contribution in [0, 0.1) is 6.92 Å². The van der Waals surface area contributed by atoms with Crippen molar-refractivity contribution in [2.75, 3.05) is 13.2 Å². The summed E-state index contributed by atoms with van der Waals surface area (Å²) in [6.07, 6.45) is 1.01. The van der Waals surface area contributed by atoms with Crippen LogP contribution in [0.2, 0.25) is 0 Å². The first-order valence-corrected chi connectivity index (χ1v) is 6.38. The second-order valence-corrected chi connectivity index (χ2v) is 5.30. The summed E-state index contributed by atoms with van der Waals surface area (Å²) in [4.78, 5) is 25.4. The van der Waals surface area contributed by atoms with Crippen LogP contribution in [0.5, 0.6) is 0 Å². The Bertz CT molecular complexity index is 652. The molecule has 3 heterocycles. The van der Waals surface area contributed by atoms with Crippen molar-refractivity contribution in [2.24, 2.45) is 0 Å². The largest absolute Gasteiger partial charge is 0.391 e. The summed E-state index contributed by atoms with van der Waals surface area (Å²) in [5, 5.41) is 20.0. The highest BCUT2D eigenvalue weighted by Crippen LogP contribution is 2.50. The monoisotopic (exact) mass is 284 g/mol. The van der Waals surface area contributed by atoms with Crippen molar-refractivity contribution in [1.29, 1.82) is 0 Å². The van der Waals surface area contributed by atoms with Crippen molar-refractivity contribution < 1.29 is 19.7 Å². The van der Waals surface area contributed by atoms with E-state index in [1.165, 1.54) is 10.8 Å². The molecule has 1 aromatic rings. The van der Waals surface area contributed by atoms with E-state index in [2.05, 4.69) is 4.98 Å². The summed E-state index contributed by atoms with van der Waals surface area (Å²) < 4.78 is 12.2. The summed E-state index contributed by atoms with van der Waals surface area (Å²) in [6.45, 7) is 1.35. The van der Waals surface area contributed by atoms with Gasteiger partial charge in [0.25, 0.3) is 5.56 Å². The molecule has 0 saturated carbocycles. The number of aromatic amines is 1. The van der Waals surface area contributed by atoms with Gasteiger partial charge in [-0.05, 0) is 6.92 Å². The number of aliphatic hydroxyl groups is 2. The normalized spacial score (nSPS) is 36.2. The Labute approximate surface area is 113 Å². The van der Waals surface area contributed by atoms with E-state index in [1.54, 1.807) is 6.92 Å². The van der Waals surface area contributed by atoms with E-state index in [4.69, 9.17) is 9.47 Å². The standard InChI is InChI=1S/C12H16N2O6/c1-7-5-14(10(17)13-9(7)16)8-4-11(18)2-3-19-12(11,6-15)20-8/h5,8,15,18H,2-4,6H2,1H3,(H,13,16,17)/t8-,11+,12-/m1/s1. The summed E-state index contributed by atoms with van der Waals surface area (Å²) >= 11 is 0. The Morgan fingerprint density at radius 2 is 2.30 bits per heavy atom. The van der Waals surface area contributed by atoms with Crippen LogP contribution >= 0.6 is 0 Å². The van der Waals surface area contributed by atoms with Crippen molar-refractivity contribution in [3.05, 3.63) is 32.6 Å². The number of ether oxygens (including phenoxy) is 2. The molecule has 0 spiro atoms. The molecule has 0 amide bonds. The van der Waals surface area contributed by atoms with Gasteiger partial charge >= 0.3 is 5.69 Å². The minimum Gasteiger partial charge on any atom is -0.391 e. The van der Waals surface area contributed by atoms with Crippen LogP contribution in [0.15, 0.2) is 15.8 Å². The number of hydrogen-bond donors (Lipinski definition) is 3. The minimum atomic E-state index is -1.50. The maximum absolute atomic E-state index is 11.8. The highest BCUT2D eigenvalue weighted by Gasteiger charge is 2.64. The van der Waals surface area contributed by atoms with Crippen molar-refractivity contribution in [1.82, 2.24) is 9.55 Å². The average Bonchev–Trinajstić information content (AvgIpc) is 2.84. The average molecular weight is 284 g/mol. The zero-order valence-electron chi connectivity index (χ0n) is 11.0. The molecule has 2 saturated heterocycles. The second kappa shape index (κ2) is 4.26. The SMILES string of the molecule is Cc1cn([C@H]2C[C@@]3(O)CCO[C@]3(CO)O2)c(=O)[nH]c1=O. The number of H-pyrrole nitrogens is 1. The Balaban J connectivity index is 2.01. The topological polar surface area (TPSA) is 114 Å². The Kier molecular flexibility index (Phi) is 2.87. The number of fused-ring (bicyclic) bond motifs is 1. The molecule has 0 aromatic carbocycles. The summed E-state index contributed by atoms with van der Waals surface area (Å²) in [5.74, 6) is -1.50. The summed E-state index contributed by atoms with van der Waals surface area (Å²) in [7, 11) is 0. The van der Waals surface area contributed by atoms with Gasteiger partial charge in [-0.3, -0.25) is 14.3 Å². The van der Waals surface area contributed by atoms with E-state index in [0.717, 1.165) is 0 Å². The van der Waals surface area contributed by atoms with E-state index >= 15 is 0 Å². The van der Waals surface area contributed by atoms with Crippen LogP contribution in [-0.2, 0) is 9.47 Å². The van der Waals surface area contributed by atoms with Crippen LogP contribution in [0.1, 0.15) is 24.6 Å². The van der Waals surface area contributed by atoms with Crippen LogP contribution < -0.4 is 11.2 Å². The predicted molar refractivity (Wildman–Crippen MR) is 66.1 cm³/mol. The smallest absolute Gasteiger partial charge is 0.330 e. The first kappa shape index (κ1) is 13.5. The molecule has 0 unspecified atom stereocenters. The molecule has 0 aliphatic carbocycles. The van der Waals surface area contributed by atoms with Gasteiger partial charge < -0.3 is 19.7 Å². The van der Waals surface area contributed by atoms with Crippen LogP contribution in [-0.4, -0.2) is 44.4 Å².